The number of esters is 1. The van der Waals surface area contributed by atoms with Crippen LogP contribution < -0.4 is 5.32 Å². The highest BCUT2D eigenvalue weighted by molar-refractivity contribution is 6.00. The number of methoxy groups -OCH3 is 1. The molecule has 0 bridgehead atoms. The van der Waals surface area contributed by atoms with Gasteiger partial charge in [-0.2, -0.15) is 0 Å². The molecule has 16 heteroatoms. The predicted molar refractivity (Wildman–Crippen MR) is 222 cm³/mol. The fraction of sp³-hybridized carbons (Fsp3) is 0.727. The van der Waals surface area contributed by atoms with Crippen molar-refractivity contribution < 1.29 is 53.1 Å². The largest absolute Gasteiger partial charge is 0.506 e. The van der Waals surface area contributed by atoms with E-state index in [2.05, 4.69) is 20.2 Å². The Morgan fingerprint density at radius 2 is 1.77 bits per heavy atom. The topological polar surface area (TPSA) is 199 Å². The number of aliphatic hydroxyl groups is 1. The van der Waals surface area contributed by atoms with Crippen molar-refractivity contribution >= 4 is 35.0 Å². The van der Waals surface area contributed by atoms with E-state index in [1.807, 2.05) is 38.9 Å². The maximum atomic E-state index is 14.8. The van der Waals surface area contributed by atoms with Gasteiger partial charge in [0.25, 0.3) is 6.47 Å². The quantitative estimate of drug-likeness (QED) is 0.168. The first-order chi connectivity index (χ1) is 28.2. The van der Waals surface area contributed by atoms with Crippen molar-refractivity contribution in [3.8, 4) is 5.75 Å². The molecular weight excluding hydrogens is 775 g/mol. The van der Waals surface area contributed by atoms with Crippen molar-refractivity contribution in [1.82, 2.24) is 25.1 Å². The molecule has 2 aromatic rings. The molecule has 60 heavy (non-hydrogen) atoms. The van der Waals surface area contributed by atoms with Gasteiger partial charge in [-0.15, -0.1) is 0 Å². The first-order valence-electron chi connectivity index (χ1n) is 21.2. The van der Waals surface area contributed by atoms with Crippen LogP contribution in [0.2, 0.25) is 0 Å². The molecule has 0 radical (unpaired) electrons. The summed E-state index contributed by atoms with van der Waals surface area (Å²) in [5.74, 6) is -5.18. The van der Waals surface area contributed by atoms with Gasteiger partial charge < -0.3 is 44.1 Å². The molecule has 334 valence electrons. The van der Waals surface area contributed by atoms with Crippen LogP contribution in [0.15, 0.2) is 24.5 Å². The molecule has 16 nitrogen and oxygen atoms in total. The van der Waals surface area contributed by atoms with Crippen LogP contribution in [-0.2, 0) is 42.9 Å². The van der Waals surface area contributed by atoms with Crippen molar-refractivity contribution in [3.05, 3.63) is 30.1 Å². The SMILES string of the molecule is CC[C@H]1OC(=O)[C@H](C)C(=O)[C@H](C)[C@@H](O[C@@H]2O[C@H](C)C[C@H](N(C)C)[C@H]2O)[C@](C)(OC)C[C@@H](C)C(=O)[C@H](C)[C@H](NC2CN(C(C)c3c(O)cnc4cccnc34)C2)[C@]1(C)OC=O. The summed E-state index contributed by atoms with van der Waals surface area (Å²) in [5, 5.41) is 26.0. The molecule has 0 amide bonds. The Balaban J connectivity index is 1.49. The van der Waals surface area contributed by atoms with Gasteiger partial charge in [-0.3, -0.25) is 34.0 Å². The summed E-state index contributed by atoms with van der Waals surface area (Å²) in [5.41, 5.74) is -0.934. The number of likely N-dealkylation sites (N-methyl/N-ethyl adjacent to an activating group) is 1. The summed E-state index contributed by atoms with van der Waals surface area (Å²) in [6.45, 7) is 17.1. The van der Waals surface area contributed by atoms with E-state index in [-0.39, 0.29) is 48.6 Å². The van der Waals surface area contributed by atoms with Crippen LogP contribution in [0.25, 0.3) is 11.0 Å². The number of aromatic nitrogens is 2. The number of pyridine rings is 2. The average Bonchev–Trinajstić information content (AvgIpc) is 3.20. The van der Waals surface area contributed by atoms with Crippen molar-refractivity contribution in [3.63, 3.8) is 0 Å². The Hall–Kier alpha value is -3.64. The minimum Gasteiger partial charge on any atom is -0.506 e. The van der Waals surface area contributed by atoms with Crippen LogP contribution in [0.5, 0.6) is 5.75 Å². The summed E-state index contributed by atoms with van der Waals surface area (Å²) in [6.07, 6.45) is -0.659. The van der Waals surface area contributed by atoms with Gasteiger partial charge in [0, 0.05) is 67.8 Å². The number of hydrogen-bond acceptors (Lipinski definition) is 16. The number of ketones is 2. The number of rotatable bonds is 11. The first kappa shape index (κ1) is 47.4. The number of nitrogens with zero attached hydrogens (tertiary/aromatic N) is 4. The van der Waals surface area contributed by atoms with E-state index in [0.29, 0.717) is 42.6 Å². The second-order valence-electron chi connectivity index (χ2n) is 18.0. The Morgan fingerprint density at radius 1 is 1.08 bits per heavy atom. The van der Waals surface area contributed by atoms with Crippen molar-refractivity contribution in [2.75, 3.05) is 34.3 Å². The molecule has 3 aliphatic heterocycles. The number of carbonyl (C=O) groups excluding carboxylic acids is 4. The zero-order chi connectivity index (χ0) is 44.4. The fourth-order valence-corrected chi connectivity index (χ4v) is 9.81. The predicted octanol–water partition coefficient (Wildman–Crippen LogP) is 3.59. The van der Waals surface area contributed by atoms with E-state index in [1.165, 1.54) is 20.2 Å². The van der Waals surface area contributed by atoms with E-state index >= 15 is 0 Å². The number of hydrogen-bond donors (Lipinski definition) is 3. The third-order valence-electron chi connectivity index (χ3n) is 13.6. The van der Waals surface area contributed by atoms with Crippen LogP contribution in [0.1, 0.15) is 93.2 Å². The highest BCUT2D eigenvalue weighted by Crippen LogP contribution is 2.40. The maximum Gasteiger partial charge on any atom is 0.316 e. The highest BCUT2D eigenvalue weighted by atomic mass is 16.7. The number of aliphatic hydroxyl groups excluding tert-OH is 1. The van der Waals surface area contributed by atoms with Gasteiger partial charge >= 0.3 is 5.97 Å². The van der Waals surface area contributed by atoms with Gasteiger partial charge in [0.2, 0.25) is 0 Å². The number of carbonyl (C=O) groups is 4. The van der Waals surface area contributed by atoms with Gasteiger partial charge in [-0.1, -0.05) is 27.7 Å². The zero-order valence-corrected chi connectivity index (χ0v) is 37.3. The molecule has 0 aromatic carbocycles. The third kappa shape index (κ3) is 9.39. The zero-order valence-electron chi connectivity index (χ0n) is 37.3. The van der Waals surface area contributed by atoms with Crippen molar-refractivity contribution in [2.24, 2.45) is 23.7 Å². The summed E-state index contributed by atoms with van der Waals surface area (Å²) in [6, 6.07) is 2.03. The molecular formula is C44H67N5O11. The monoisotopic (exact) mass is 841 g/mol. The van der Waals surface area contributed by atoms with Crippen LogP contribution >= 0.6 is 0 Å². The Labute approximate surface area is 354 Å². The number of ether oxygens (including phenoxy) is 5. The summed E-state index contributed by atoms with van der Waals surface area (Å²) < 4.78 is 31.0. The number of Topliss-reactive ketones (excluding diaryl/α,β-unsaturated/α-hetero) is 2. The second kappa shape index (κ2) is 19.2. The average molecular weight is 842 g/mol. The smallest absolute Gasteiger partial charge is 0.316 e. The second-order valence-corrected chi connectivity index (χ2v) is 18.0. The van der Waals surface area contributed by atoms with Crippen LogP contribution in [0, 0.1) is 23.7 Å². The highest BCUT2D eigenvalue weighted by Gasteiger charge is 2.54. The molecule has 3 fully saturated rings. The maximum absolute atomic E-state index is 14.8. The van der Waals surface area contributed by atoms with E-state index in [4.69, 9.17) is 23.7 Å². The van der Waals surface area contributed by atoms with Gasteiger partial charge in [0.1, 0.15) is 29.7 Å². The normalized spacial score (nSPS) is 37.3. The molecule has 3 saturated heterocycles. The van der Waals surface area contributed by atoms with Gasteiger partial charge in [-0.05, 0) is 80.1 Å². The van der Waals surface area contributed by atoms with Crippen molar-refractivity contribution in [2.45, 2.75) is 148 Å². The van der Waals surface area contributed by atoms with E-state index in [1.54, 1.807) is 53.8 Å². The summed E-state index contributed by atoms with van der Waals surface area (Å²) in [7, 11) is 5.21. The molecule has 1 unspecified atom stereocenters. The van der Waals surface area contributed by atoms with Crippen molar-refractivity contribution in [1.29, 1.82) is 0 Å². The number of nitrogens with one attached hydrogen (secondary N) is 1. The number of likely N-dealkylation sites (tertiary alicyclic amines) is 1. The lowest BCUT2D eigenvalue weighted by molar-refractivity contribution is -0.295. The van der Waals surface area contributed by atoms with Gasteiger partial charge in [0.15, 0.2) is 17.7 Å². The van der Waals surface area contributed by atoms with Crippen LogP contribution in [-0.4, -0.2) is 148 Å². The number of cyclic esters (lactones) is 1. The Morgan fingerprint density at radius 3 is 2.38 bits per heavy atom. The molecule has 5 rings (SSSR count). The summed E-state index contributed by atoms with van der Waals surface area (Å²) >= 11 is 0. The van der Waals surface area contributed by atoms with E-state index in [9.17, 15) is 29.4 Å². The van der Waals surface area contributed by atoms with Gasteiger partial charge in [0.05, 0.1) is 41.1 Å². The molecule has 2 aromatic heterocycles. The first-order valence-corrected chi connectivity index (χ1v) is 21.2. The lowest BCUT2D eigenvalue weighted by Crippen LogP contribution is -2.69. The Bertz CT molecular complexity index is 1840. The molecule has 14 atom stereocenters. The van der Waals surface area contributed by atoms with Gasteiger partial charge in [-0.25, -0.2) is 0 Å². The molecule has 5 heterocycles. The van der Waals surface area contributed by atoms with E-state index < -0.39 is 77.3 Å². The lowest BCUT2D eigenvalue weighted by Gasteiger charge is -2.50. The minimum absolute atomic E-state index is 0.0384. The number of aromatic hydroxyl groups is 1. The van der Waals surface area contributed by atoms with Crippen LogP contribution in [0.3, 0.4) is 0 Å². The molecule has 0 aliphatic carbocycles. The Kier molecular flexibility index (Phi) is 15.2. The fourth-order valence-electron chi connectivity index (χ4n) is 9.81. The van der Waals surface area contributed by atoms with Crippen LogP contribution in [0.4, 0.5) is 0 Å². The van der Waals surface area contributed by atoms with E-state index in [0.717, 1.165) is 0 Å². The summed E-state index contributed by atoms with van der Waals surface area (Å²) in [4.78, 5) is 68.5. The number of fused-ring (bicyclic) bond motifs is 1. The molecule has 3 N–H and O–H groups in total. The molecule has 3 aliphatic rings. The molecule has 0 saturated carbocycles. The third-order valence-corrected chi connectivity index (χ3v) is 13.6. The standard InChI is InChI=1S/C44H67N5O11/c1-13-33-44(9,57-22-50)39(47-29-20-49(21-29)28(7)34-32(51)19-46-30-15-14-16-45-35(30)34)25(4)36(52)23(2)18-43(8,56-12)40(26(5)37(53)27(6)41(55)59-33)60-42-38(54)31(48(10)11)17-24(3)58-42/h14-16,19,22-29,31,33,38-40,42,47,51,54H,13,17-18,20-21H2,1-12H3/t23-,24-,25+,26+,27-,28?,31+,33-,38-,39+,40-,42+,43-,44-/m1/s1. The molecule has 0 spiro atoms. The lowest BCUT2D eigenvalue weighted by atomic mass is 9.73. The minimum atomic E-state index is -1.56.